The van der Waals surface area contributed by atoms with Gasteiger partial charge < -0.3 is 26.2 Å². The van der Waals surface area contributed by atoms with Gasteiger partial charge >= 0.3 is 6.03 Å². The molecule has 5 rings (SSSR count). The summed E-state index contributed by atoms with van der Waals surface area (Å²) >= 11 is 1.71. The molecule has 9 heteroatoms. The summed E-state index contributed by atoms with van der Waals surface area (Å²) in [6.45, 7) is 3.95. The van der Waals surface area contributed by atoms with E-state index in [0.29, 0.717) is 12.5 Å². The SMILES string of the molecule is Nc1ccc(-c2cccs2)cc1NCc1cnc(NC2CCN(C(=O)N3CCCCC3)CC2)nc1. The van der Waals surface area contributed by atoms with E-state index >= 15 is 0 Å². The molecule has 0 unspecified atom stereocenters. The highest BCUT2D eigenvalue weighted by atomic mass is 32.1. The molecular formula is C26H33N7OS. The zero-order valence-electron chi connectivity index (χ0n) is 19.9. The van der Waals surface area contributed by atoms with E-state index in [1.54, 1.807) is 11.3 Å². The third kappa shape index (κ3) is 5.85. The summed E-state index contributed by atoms with van der Waals surface area (Å²) in [6.07, 6.45) is 9.00. The lowest BCUT2D eigenvalue weighted by molar-refractivity contribution is 0.133. The van der Waals surface area contributed by atoms with Crippen LogP contribution in [0.3, 0.4) is 0 Å². The Kier molecular flexibility index (Phi) is 7.32. The number of likely N-dealkylation sites (tertiary alicyclic amines) is 2. The van der Waals surface area contributed by atoms with E-state index in [-0.39, 0.29) is 12.1 Å². The number of anilines is 3. The Bertz CT molecular complexity index is 1110. The van der Waals surface area contributed by atoms with Gasteiger partial charge in [0.1, 0.15) is 0 Å². The predicted octanol–water partition coefficient (Wildman–Crippen LogP) is 4.88. The fourth-order valence-electron chi connectivity index (χ4n) is 4.71. The van der Waals surface area contributed by atoms with Crippen molar-refractivity contribution in [2.24, 2.45) is 0 Å². The normalized spacial score (nSPS) is 16.8. The van der Waals surface area contributed by atoms with E-state index in [9.17, 15) is 4.79 Å². The summed E-state index contributed by atoms with van der Waals surface area (Å²) in [5.41, 5.74) is 9.94. The van der Waals surface area contributed by atoms with Gasteiger partial charge in [0.15, 0.2) is 0 Å². The molecule has 0 aliphatic carbocycles. The molecule has 2 aliphatic heterocycles. The maximum absolute atomic E-state index is 12.7. The lowest BCUT2D eigenvalue weighted by atomic mass is 10.1. The number of hydrogen-bond acceptors (Lipinski definition) is 7. The van der Waals surface area contributed by atoms with Crippen LogP contribution in [0, 0.1) is 0 Å². The number of benzene rings is 1. The van der Waals surface area contributed by atoms with Crippen molar-refractivity contribution in [3.8, 4) is 10.4 Å². The van der Waals surface area contributed by atoms with Crippen LogP contribution in [-0.2, 0) is 6.54 Å². The number of aromatic nitrogens is 2. The molecule has 1 aromatic carbocycles. The number of rotatable bonds is 6. The van der Waals surface area contributed by atoms with E-state index in [1.807, 2.05) is 34.3 Å². The van der Waals surface area contributed by atoms with Crippen LogP contribution in [0.15, 0.2) is 48.1 Å². The maximum atomic E-state index is 12.7. The molecule has 2 aromatic heterocycles. The third-order valence-electron chi connectivity index (χ3n) is 6.77. The number of nitrogens with one attached hydrogen (secondary N) is 2. The van der Waals surface area contributed by atoms with Gasteiger partial charge in [-0.1, -0.05) is 12.1 Å². The summed E-state index contributed by atoms with van der Waals surface area (Å²) < 4.78 is 0. The Morgan fingerprint density at radius 1 is 1.03 bits per heavy atom. The van der Waals surface area contributed by atoms with Crippen molar-refractivity contribution in [1.82, 2.24) is 19.8 Å². The number of piperidine rings is 2. The molecule has 8 nitrogen and oxygen atoms in total. The highest BCUT2D eigenvalue weighted by molar-refractivity contribution is 7.13. The van der Waals surface area contributed by atoms with Gasteiger partial charge in [0.05, 0.1) is 11.4 Å². The van der Waals surface area contributed by atoms with E-state index in [4.69, 9.17) is 5.73 Å². The van der Waals surface area contributed by atoms with Crippen LogP contribution in [-0.4, -0.2) is 58.0 Å². The fraction of sp³-hybridized carbons (Fsp3) is 0.423. The molecule has 2 aliphatic rings. The van der Waals surface area contributed by atoms with E-state index in [0.717, 1.165) is 74.4 Å². The zero-order valence-corrected chi connectivity index (χ0v) is 20.8. The third-order valence-corrected chi connectivity index (χ3v) is 7.69. The number of nitrogen functional groups attached to an aromatic ring is 1. The number of nitrogens with two attached hydrogens (primary N) is 1. The van der Waals surface area contributed by atoms with Crippen LogP contribution in [0.5, 0.6) is 0 Å². The first-order valence-corrected chi connectivity index (χ1v) is 13.3. The van der Waals surface area contributed by atoms with Gasteiger partial charge in [0, 0.05) is 61.6 Å². The molecule has 2 saturated heterocycles. The monoisotopic (exact) mass is 491 g/mol. The first-order chi connectivity index (χ1) is 17.2. The Labute approximate surface area is 210 Å². The molecular weight excluding hydrogens is 458 g/mol. The number of hydrogen-bond donors (Lipinski definition) is 3. The molecule has 184 valence electrons. The Morgan fingerprint density at radius 2 is 1.77 bits per heavy atom. The van der Waals surface area contributed by atoms with Crippen molar-refractivity contribution in [1.29, 1.82) is 0 Å². The minimum atomic E-state index is 0.206. The van der Waals surface area contributed by atoms with Crippen LogP contribution >= 0.6 is 11.3 Å². The number of amides is 2. The summed E-state index contributed by atoms with van der Waals surface area (Å²) in [4.78, 5) is 27.0. The standard InChI is InChI=1S/C26H33N7OS/c27-22-7-6-20(24-5-4-14-35-24)15-23(22)28-16-19-17-29-25(30-18-19)31-21-8-12-33(13-9-21)26(34)32-10-2-1-3-11-32/h4-7,14-15,17-18,21,28H,1-3,8-13,16,27H2,(H,29,30,31). The average molecular weight is 492 g/mol. The topological polar surface area (TPSA) is 99.4 Å². The number of carbonyl (C=O) groups excluding carboxylic acids is 1. The van der Waals surface area contributed by atoms with Crippen molar-refractivity contribution in [2.75, 3.05) is 42.5 Å². The number of thiophene rings is 1. The van der Waals surface area contributed by atoms with E-state index in [1.165, 1.54) is 11.3 Å². The molecule has 2 fully saturated rings. The van der Waals surface area contributed by atoms with Gasteiger partial charge in [-0.15, -0.1) is 11.3 Å². The van der Waals surface area contributed by atoms with Crippen LogP contribution in [0.25, 0.3) is 10.4 Å². The van der Waals surface area contributed by atoms with Gasteiger partial charge in [-0.05, 0) is 61.2 Å². The van der Waals surface area contributed by atoms with Crippen molar-refractivity contribution >= 4 is 34.7 Å². The summed E-state index contributed by atoms with van der Waals surface area (Å²) in [5.74, 6) is 0.633. The Balaban J connectivity index is 1.10. The van der Waals surface area contributed by atoms with Gasteiger partial charge in [0.25, 0.3) is 0 Å². The lowest BCUT2D eigenvalue weighted by Gasteiger charge is -2.37. The minimum Gasteiger partial charge on any atom is -0.397 e. The molecule has 3 aromatic rings. The molecule has 0 spiro atoms. The lowest BCUT2D eigenvalue weighted by Crippen LogP contribution is -2.49. The summed E-state index contributed by atoms with van der Waals surface area (Å²) in [5, 5.41) is 8.93. The Hall–Kier alpha value is -3.33. The second-order valence-corrected chi connectivity index (χ2v) is 10.2. The second-order valence-electron chi connectivity index (χ2n) is 9.28. The zero-order chi connectivity index (χ0) is 24.0. The second kappa shape index (κ2) is 10.9. The minimum absolute atomic E-state index is 0.206. The molecule has 4 N–H and O–H groups in total. The van der Waals surface area contributed by atoms with Crippen LogP contribution in [0.1, 0.15) is 37.7 Å². The number of nitrogens with zero attached hydrogens (tertiary/aromatic N) is 4. The number of urea groups is 1. The summed E-state index contributed by atoms with van der Waals surface area (Å²) in [6, 6.07) is 10.7. The first-order valence-electron chi connectivity index (χ1n) is 12.4. The largest absolute Gasteiger partial charge is 0.397 e. The molecule has 4 heterocycles. The highest BCUT2D eigenvalue weighted by Gasteiger charge is 2.27. The molecule has 0 radical (unpaired) electrons. The fourth-order valence-corrected chi connectivity index (χ4v) is 5.43. The van der Waals surface area contributed by atoms with Crippen molar-refractivity contribution in [3.63, 3.8) is 0 Å². The van der Waals surface area contributed by atoms with Gasteiger partial charge in [0.2, 0.25) is 5.95 Å². The Morgan fingerprint density at radius 3 is 2.49 bits per heavy atom. The molecule has 2 amide bonds. The summed E-state index contributed by atoms with van der Waals surface area (Å²) in [7, 11) is 0. The smallest absolute Gasteiger partial charge is 0.319 e. The van der Waals surface area contributed by atoms with Crippen molar-refractivity contribution < 1.29 is 4.79 Å². The van der Waals surface area contributed by atoms with E-state index in [2.05, 4.69) is 44.2 Å². The highest BCUT2D eigenvalue weighted by Crippen LogP contribution is 2.30. The first kappa shape index (κ1) is 23.4. The van der Waals surface area contributed by atoms with Crippen LogP contribution < -0.4 is 16.4 Å². The predicted molar refractivity (Wildman–Crippen MR) is 143 cm³/mol. The quantitative estimate of drug-likeness (QED) is 0.425. The van der Waals surface area contributed by atoms with Gasteiger partial charge in [-0.25, -0.2) is 14.8 Å². The molecule has 0 atom stereocenters. The maximum Gasteiger partial charge on any atom is 0.319 e. The van der Waals surface area contributed by atoms with Gasteiger partial charge in [-0.3, -0.25) is 0 Å². The van der Waals surface area contributed by atoms with Gasteiger partial charge in [-0.2, -0.15) is 0 Å². The van der Waals surface area contributed by atoms with Crippen molar-refractivity contribution in [3.05, 3.63) is 53.7 Å². The van der Waals surface area contributed by atoms with Crippen LogP contribution in [0.2, 0.25) is 0 Å². The van der Waals surface area contributed by atoms with E-state index < -0.39 is 0 Å². The number of carbonyl (C=O) groups is 1. The van der Waals surface area contributed by atoms with Crippen molar-refractivity contribution in [2.45, 2.75) is 44.7 Å². The molecule has 0 saturated carbocycles. The average Bonchev–Trinajstić information content (AvgIpc) is 3.45. The molecule has 35 heavy (non-hydrogen) atoms. The molecule has 0 bridgehead atoms. The van der Waals surface area contributed by atoms with Crippen LogP contribution in [0.4, 0.5) is 22.1 Å².